The standard InChI is InChI=1S/C12H16N4O3/c1-3-19-10-6-8(11(17)18-2)4-5-9(10)7-15-16-12(13)14/h4-7H,3H2,1-2H3,(H4,13,14,16). The zero-order chi connectivity index (χ0) is 14.3. The Hall–Kier alpha value is -2.57. The van der Waals surface area contributed by atoms with Crippen molar-refractivity contribution in [3.63, 3.8) is 0 Å². The van der Waals surface area contributed by atoms with Crippen molar-refractivity contribution >= 4 is 18.1 Å². The summed E-state index contributed by atoms with van der Waals surface area (Å²) in [5.41, 5.74) is 11.4. The van der Waals surface area contributed by atoms with Crippen LogP contribution in [0.2, 0.25) is 0 Å². The SMILES string of the molecule is CCOc1cc(C(=O)OC)ccc1C=NN=C(N)N. The first-order chi connectivity index (χ1) is 9.08. The van der Waals surface area contributed by atoms with E-state index in [1.54, 1.807) is 18.2 Å². The number of carbonyl (C=O) groups is 1. The maximum atomic E-state index is 11.4. The van der Waals surface area contributed by atoms with E-state index in [1.165, 1.54) is 13.3 Å². The van der Waals surface area contributed by atoms with Crippen LogP contribution >= 0.6 is 0 Å². The molecular weight excluding hydrogens is 248 g/mol. The van der Waals surface area contributed by atoms with Gasteiger partial charge in [-0.2, -0.15) is 5.10 Å². The Morgan fingerprint density at radius 2 is 2.16 bits per heavy atom. The average Bonchev–Trinajstić information content (AvgIpc) is 2.39. The molecule has 1 aromatic rings. The number of carbonyl (C=O) groups excluding carboxylic acids is 1. The van der Waals surface area contributed by atoms with Crippen LogP contribution in [-0.4, -0.2) is 31.9 Å². The molecule has 7 nitrogen and oxygen atoms in total. The molecule has 0 saturated carbocycles. The molecule has 1 aromatic carbocycles. The summed E-state index contributed by atoms with van der Waals surface area (Å²) >= 11 is 0. The first-order valence-electron chi connectivity index (χ1n) is 5.55. The highest BCUT2D eigenvalue weighted by atomic mass is 16.5. The van der Waals surface area contributed by atoms with Gasteiger partial charge in [0.15, 0.2) is 0 Å². The lowest BCUT2D eigenvalue weighted by atomic mass is 10.1. The minimum atomic E-state index is -0.436. The summed E-state index contributed by atoms with van der Waals surface area (Å²) in [6, 6.07) is 4.85. The Morgan fingerprint density at radius 1 is 1.42 bits per heavy atom. The third-order valence-electron chi connectivity index (χ3n) is 2.10. The first kappa shape index (κ1) is 14.5. The minimum absolute atomic E-state index is 0.139. The summed E-state index contributed by atoms with van der Waals surface area (Å²) in [6.45, 7) is 2.29. The summed E-state index contributed by atoms with van der Waals surface area (Å²) in [6.07, 6.45) is 1.44. The molecule has 19 heavy (non-hydrogen) atoms. The van der Waals surface area contributed by atoms with Gasteiger partial charge in [-0.25, -0.2) is 4.79 Å². The van der Waals surface area contributed by atoms with Gasteiger partial charge >= 0.3 is 5.97 Å². The molecule has 0 fully saturated rings. The summed E-state index contributed by atoms with van der Waals surface area (Å²) in [4.78, 5) is 11.4. The number of benzene rings is 1. The molecule has 4 N–H and O–H groups in total. The zero-order valence-corrected chi connectivity index (χ0v) is 10.8. The topological polar surface area (TPSA) is 112 Å². The van der Waals surface area contributed by atoms with Crippen molar-refractivity contribution in [1.82, 2.24) is 0 Å². The van der Waals surface area contributed by atoms with E-state index in [0.717, 1.165) is 0 Å². The predicted octanol–water partition coefficient (Wildman–Crippen LogP) is 0.479. The Kier molecular flexibility index (Phi) is 5.34. The number of nitrogens with two attached hydrogens (primary N) is 2. The van der Waals surface area contributed by atoms with Gasteiger partial charge in [0.2, 0.25) is 5.96 Å². The second kappa shape index (κ2) is 7.00. The fraction of sp³-hybridized carbons (Fsp3) is 0.250. The molecule has 0 aliphatic rings. The Balaban J connectivity index is 3.07. The lowest BCUT2D eigenvalue weighted by Crippen LogP contribution is -2.21. The van der Waals surface area contributed by atoms with Crippen LogP contribution in [0, 0.1) is 0 Å². The number of esters is 1. The third kappa shape index (κ3) is 4.30. The monoisotopic (exact) mass is 264 g/mol. The van der Waals surface area contributed by atoms with Crippen molar-refractivity contribution in [2.75, 3.05) is 13.7 Å². The van der Waals surface area contributed by atoms with Crippen LogP contribution < -0.4 is 16.2 Å². The highest BCUT2D eigenvalue weighted by Gasteiger charge is 2.09. The molecule has 0 aromatic heterocycles. The second-order valence-corrected chi connectivity index (χ2v) is 3.45. The van der Waals surface area contributed by atoms with Crippen LogP contribution in [0.5, 0.6) is 5.75 Å². The van der Waals surface area contributed by atoms with Crippen molar-refractivity contribution in [1.29, 1.82) is 0 Å². The van der Waals surface area contributed by atoms with Gasteiger partial charge in [-0.05, 0) is 25.1 Å². The third-order valence-corrected chi connectivity index (χ3v) is 2.10. The molecule has 0 saturated heterocycles. The number of guanidine groups is 1. The highest BCUT2D eigenvalue weighted by molar-refractivity contribution is 5.92. The van der Waals surface area contributed by atoms with Crippen LogP contribution in [0.25, 0.3) is 0 Å². The number of ether oxygens (including phenoxy) is 2. The average molecular weight is 264 g/mol. The molecule has 7 heteroatoms. The molecule has 102 valence electrons. The number of rotatable bonds is 5. The molecule has 0 amide bonds. The van der Waals surface area contributed by atoms with Crippen molar-refractivity contribution < 1.29 is 14.3 Å². The molecule has 0 atom stereocenters. The van der Waals surface area contributed by atoms with Crippen LogP contribution in [-0.2, 0) is 4.74 Å². The molecule has 0 unspecified atom stereocenters. The number of methoxy groups -OCH3 is 1. The fourth-order valence-electron chi connectivity index (χ4n) is 1.32. The van der Waals surface area contributed by atoms with E-state index in [4.69, 9.17) is 16.2 Å². The van der Waals surface area contributed by atoms with Crippen LogP contribution in [0.1, 0.15) is 22.8 Å². The summed E-state index contributed by atoms with van der Waals surface area (Å²) in [5.74, 6) is -0.0750. The predicted molar refractivity (Wildman–Crippen MR) is 72.4 cm³/mol. The number of nitrogens with zero attached hydrogens (tertiary/aromatic N) is 2. The molecule has 0 radical (unpaired) electrons. The van der Waals surface area contributed by atoms with Crippen molar-refractivity contribution in [2.45, 2.75) is 6.92 Å². The lowest BCUT2D eigenvalue weighted by molar-refractivity contribution is 0.0600. The minimum Gasteiger partial charge on any atom is -0.493 e. The van der Waals surface area contributed by atoms with E-state index in [-0.39, 0.29) is 5.96 Å². The van der Waals surface area contributed by atoms with Crippen molar-refractivity contribution in [3.05, 3.63) is 29.3 Å². The number of hydrogen-bond acceptors (Lipinski definition) is 5. The molecule has 0 spiro atoms. The van der Waals surface area contributed by atoms with E-state index in [1.807, 2.05) is 6.92 Å². The smallest absolute Gasteiger partial charge is 0.337 e. The quantitative estimate of drug-likeness (QED) is 0.347. The normalized spacial score (nSPS) is 10.2. The van der Waals surface area contributed by atoms with E-state index in [9.17, 15) is 4.79 Å². The molecule has 0 aliphatic carbocycles. The summed E-state index contributed by atoms with van der Waals surface area (Å²) in [5, 5.41) is 7.18. The Morgan fingerprint density at radius 3 is 2.74 bits per heavy atom. The van der Waals surface area contributed by atoms with Gasteiger partial charge in [-0.3, -0.25) is 0 Å². The molecule has 0 bridgehead atoms. The lowest BCUT2D eigenvalue weighted by Gasteiger charge is -2.08. The van der Waals surface area contributed by atoms with E-state index >= 15 is 0 Å². The van der Waals surface area contributed by atoms with E-state index in [0.29, 0.717) is 23.5 Å². The van der Waals surface area contributed by atoms with E-state index in [2.05, 4.69) is 14.9 Å². The highest BCUT2D eigenvalue weighted by Crippen LogP contribution is 2.19. The van der Waals surface area contributed by atoms with E-state index < -0.39 is 5.97 Å². The van der Waals surface area contributed by atoms with Crippen LogP contribution in [0.3, 0.4) is 0 Å². The van der Waals surface area contributed by atoms with Crippen molar-refractivity contribution in [2.24, 2.45) is 21.7 Å². The van der Waals surface area contributed by atoms with Gasteiger partial charge in [0.25, 0.3) is 0 Å². The zero-order valence-electron chi connectivity index (χ0n) is 10.8. The first-order valence-corrected chi connectivity index (χ1v) is 5.55. The molecule has 0 aliphatic heterocycles. The number of hydrogen-bond donors (Lipinski definition) is 2. The van der Waals surface area contributed by atoms with Gasteiger partial charge < -0.3 is 20.9 Å². The molecule has 0 heterocycles. The van der Waals surface area contributed by atoms with Gasteiger partial charge in [-0.15, -0.1) is 5.10 Å². The molecular formula is C12H16N4O3. The Bertz CT molecular complexity index is 508. The van der Waals surface area contributed by atoms with Crippen LogP contribution in [0.15, 0.2) is 28.4 Å². The van der Waals surface area contributed by atoms with Gasteiger partial charge in [0.05, 0.1) is 25.5 Å². The van der Waals surface area contributed by atoms with Gasteiger partial charge in [0, 0.05) is 5.56 Å². The second-order valence-electron chi connectivity index (χ2n) is 3.45. The summed E-state index contributed by atoms with van der Waals surface area (Å²) in [7, 11) is 1.32. The molecule has 1 rings (SSSR count). The van der Waals surface area contributed by atoms with Gasteiger partial charge in [0.1, 0.15) is 5.75 Å². The fourth-order valence-corrected chi connectivity index (χ4v) is 1.32. The summed E-state index contributed by atoms with van der Waals surface area (Å²) < 4.78 is 10.1. The maximum absolute atomic E-state index is 11.4. The van der Waals surface area contributed by atoms with Crippen LogP contribution in [0.4, 0.5) is 0 Å². The van der Waals surface area contributed by atoms with Gasteiger partial charge in [-0.1, -0.05) is 0 Å². The van der Waals surface area contributed by atoms with Crippen molar-refractivity contribution in [3.8, 4) is 5.75 Å². The Labute approximate surface area is 110 Å². The largest absolute Gasteiger partial charge is 0.493 e. The maximum Gasteiger partial charge on any atom is 0.337 e.